The minimum atomic E-state index is -0.293. The van der Waals surface area contributed by atoms with E-state index in [2.05, 4.69) is 4.98 Å². The van der Waals surface area contributed by atoms with Gasteiger partial charge in [0.25, 0.3) is 0 Å². The summed E-state index contributed by atoms with van der Waals surface area (Å²) in [5.41, 5.74) is 6.24. The zero-order valence-electron chi connectivity index (χ0n) is 8.31. The van der Waals surface area contributed by atoms with Crippen LogP contribution in [0.5, 0.6) is 0 Å². The Morgan fingerprint density at radius 1 is 1.64 bits per heavy atom. The molecule has 4 nitrogen and oxygen atoms in total. The van der Waals surface area contributed by atoms with E-state index in [1.165, 1.54) is 5.56 Å². The molecule has 0 spiro atoms. The number of hydrogen-bond acceptors (Lipinski definition) is 3. The lowest BCUT2D eigenvalue weighted by molar-refractivity contribution is -0.118. The maximum Gasteiger partial charge on any atom is 0.231 e. The van der Waals surface area contributed by atoms with Crippen LogP contribution < -0.4 is 5.73 Å². The van der Waals surface area contributed by atoms with E-state index in [9.17, 15) is 4.79 Å². The molecule has 1 rings (SSSR count). The highest BCUT2D eigenvalue weighted by Gasteiger charge is 2.02. The molecule has 76 valence electrons. The highest BCUT2D eigenvalue weighted by atomic mass is 16.1. The van der Waals surface area contributed by atoms with E-state index in [4.69, 9.17) is 5.73 Å². The average Bonchev–Trinajstić information content (AvgIpc) is 2.15. The normalized spacial score (nSPS) is 10.4. The van der Waals surface area contributed by atoms with Gasteiger partial charge in [-0.3, -0.25) is 14.7 Å². The summed E-state index contributed by atoms with van der Waals surface area (Å²) >= 11 is 0. The van der Waals surface area contributed by atoms with Crippen LogP contribution in [0.15, 0.2) is 24.5 Å². The summed E-state index contributed by atoms with van der Waals surface area (Å²) in [5, 5.41) is 0. The fraction of sp³-hybridized carbons (Fsp3) is 0.400. The average molecular weight is 193 g/mol. The zero-order chi connectivity index (χ0) is 10.4. The second-order valence-electron chi connectivity index (χ2n) is 3.32. The molecule has 0 saturated carbocycles. The zero-order valence-corrected chi connectivity index (χ0v) is 8.31. The van der Waals surface area contributed by atoms with E-state index in [0.29, 0.717) is 6.54 Å². The number of likely N-dealkylation sites (N-methyl/N-ethyl adjacent to an activating group) is 1. The molecule has 4 heteroatoms. The van der Waals surface area contributed by atoms with Crippen LogP contribution in [0, 0.1) is 0 Å². The number of carbonyl (C=O) groups is 1. The number of primary amides is 1. The molecular weight excluding hydrogens is 178 g/mol. The summed E-state index contributed by atoms with van der Waals surface area (Å²) < 4.78 is 0. The first-order valence-electron chi connectivity index (χ1n) is 4.54. The fourth-order valence-corrected chi connectivity index (χ4v) is 1.21. The summed E-state index contributed by atoms with van der Waals surface area (Å²) in [4.78, 5) is 16.5. The fourth-order valence-electron chi connectivity index (χ4n) is 1.21. The smallest absolute Gasteiger partial charge is 0.231 e. The lowest BCUT2D eigenvalue weighted by Crippen LogP contribution is -2.32. The molecule has 1 amide bonds. The van der Waals surface area contributed by atoms with Crippen LogP contribution in [0.2, 0.25) is 0 Å². The van der Waals surface area contributed by atoms with Crippen LogP contribution in [0.25, 0.3) is 0 Å². The molecule has 0 unspecified atom stereocenters. The van der Waals surface area contributed by atoms with Crippen LogP contribution >= 0.6 is 0 Å². The van der Waals surface area contributed by atoms with Crippen molar-refractivity contribution in [2.24, 2.45) is 5.73 Å². The van der Waals surface area contributed by atoms with Gasteiger partial charge in [0.1, 0.15) is 0 Å². The molecule has 1 heterocycles. The second kappa shape index (κ2) is 5.34. The van der Waals surface area contributed by atoms with Crippen molar-refractivity contribution in [3.05, 3.63) is 30.1 Å². The van der Waals surface area contributed by atoms with Crippen molar-refractivity contribution < 1.29 is 4.79 Å². The predicted molar refractivity (Wildman–Crippen MR) is 54.6 cm³/mol. The maximum absolute atomic E-state index is 10.6. The lowest BCUT2D eigenvalue weighted by atomic mass is 10.2. The molecule has 0 bridgehead atoms. The first kappa shape index (κ1) is 10.7. The van der Waals surface area contributed by atoms with E-state index in [0.717, 1.165) is 13.0 Å². The van der Waals surface area contributed by atoms with Gasteiger partial charge in [-0.1, -0.05) is 6.07 Å². The summed E-state index contributed by atoms with van der Waals surface area (Å²) in [6.07, 6.45) is 4.46. The minimum Gasteiger partial charge on any atom is -0.369 e. The number of nitrogens with zero attached hydrogens (tertiary/aromatic N) is 2. The number of amides is 1. The number of rotatable bonds is 5. The Morgan fingerprint density at radius 2 is 2.43 bits per heavy atom. The van der Waals surface area contributed by atoms with Gasteiger partial charge in [-0.25, -0.2) is 0 Å². The molecule has 0 radical (unpaired) electrons. The molecule has 0 aromatic carbocycles. The predicted octanol–water partition coefficient (Wildman–Crippen LogP) is 0.0412. The standard InChI is InChI=1S/C10H15N3O/c1-13(8-10(11)14)6-4-9-3-2-5-12-7-9/h2-3,5,7H,4,6,8H2,1H3,(H2,11,14). The van der Waals surface area contributed by atoms with Crippen molar-refractivity contribution in [2.75, 3.05) is 20.1 Å². The lowest BCUT2D eigenvalue weighted by Gasteiger charge is -2.13. The van der Waals surface area contributed by atoms with Gasteiger partial charge in [-0.05, 0) is 25.1 Å². The van der Waals surface area contributed by atoms with Crippen LogP contribution in [-0.4, -0.2) is 35.9 Å². The maximum atomic E-state index is 10.6. The molecule has 0 aliphatic carbocycles. The minimum absolute atomic E-state index is 0.293. The number of hydrogen-bond donors (Lipinski definition) is 1. The van der Waals surface area contributed by atoms with Crippen LogP contribution in [0.3, 0.4) is 0 Å². The van der Waals surface area contributed by atoms with E-state index < -0.39 is 0 Å². The molecule has 14 heavy (non-hydrogen) atoms. The van der Waals surface area contributed by atoms with E-state index in [1.54, 1.807) is 6.20 Å². The van der Waals surface area contributed by atoms with Gasteiger partial charge in [0, 0.05) is 18.9 Å². The van der Waals surface area contributed by atoms with E-state index in [1.807, 2.05) is 30.3 Å². The summed E-state index contributed by atoms with van der Waals surface area (Å²) in [6, 6.07) is 3.93. The first-order chi connectivity index (χ1) is 6.68. The number of aromatic nitrogens is 1. The third kappa shape index (κ3) is 4.00. The third-order valence-corrected chi connectivity index (χ3v) is 1.93. The Balaban J connectivity index is 2.30. The number of carbonyl (C=O) groups excluding carboxylic acids is 1. The highest BCUT2D eigenvalue weighted by molar-refractivity contribution is 5.75. The molecule has 1 aromatic rings. The van der Waals surface area contributed by atoms with Gasteiger partial charge in [0.05, 0.1) is 6.54 Å². The number of nitrogens with two attached hydrogens (primary N) is 1. The van der Waals surface area contributed by atoms with Crippen LogP contribution in [0.1, 0.15) is 5.56 Å². The van der Waals surface area contributed by atoms with Crippen LogP contribution in [0.4, 0.5) is 0 Å². The van der Waals surface area contributed by atoms with Crippen LogP contribution in [-0.2, 0) is 11.2 Å². The summed E-state index contributed by atoms with van der Waals surface area (Å²) in [7, 11) is 1.88. The van der Waals surface area contributed by atoms with Crippen molar-refractivity contribution >= 4 is 5.91 Å². The van der Waals surface area contributed by atoms with Gasteiger partial charge < -0.3 is 5.73 Å². The van der Waals surface area contributed by atoms with Crippen molar-refractivity contribution in [3.8, 4) is 0 Å². The summed E-state index contributed by atoms with van der Waals surface area (Å²) in [6.45, 7) is 1.12. The Labute approximate surface area is 83.7 Å². The monoisotopic (exact) mass is 193 g/mol. The largest absolute Gasteiger partial charge is 0.369 e. The van der Waals surface area contributed by atoms with Crippen molar-refractivity contribution in [1.29, 1.82) is 0 Å². The van der Waals surface area contributed by atoms with Gasteiger partial charge >= 0.3 is 0 Å². The molecule has 0 fully saturated rings. The van der Waals surface area contributed by atoms with Gasteiger partial charge in [-0.2, -0.15) is 0 Å². The third-order valence-electron chi connectivity index (χ3n) is 1.93. The summed E-state index contributed by atoms with van der Waals surface area (Å²) in [5.74, 6) is -0.293. The van der Waals surface area contributed by atoms with Crippen molar-refractivity contribution in [1.82, 2.24) is 9.88 Å². The highest BCUT2D eigenvalue weighted by Crippen LogP contribution is 1.97. The van der Waals surface area contributed by atoms with Gasteiger partial charge in [0.15, 0.2) is 0 Å². The molecular formula is C10H15N3O. The number of pyridine rings is 1. The first-order valence-corrected chi connectivity index (χ1v) is 4.54. The molecule has 0 atom stereocenters. The quantitative estimate of drug-likeness (QED) is 0.718. The topological polar surface area (TPSA) is 59.2 Å². The SMILES string of the molecule is CN(CCc1cccnc1)CC(N)=O. The van der Waals surface area contributed by atoms with E-state index >= 15 is 0 Å². The second-order valence-corrected chi connectivity index (χ2v) is 3.32. The molecule has 0 aliphatic heterocycles. The van der Waals surface area contributed by atoms with Gasteiger partial charge in [-0.15, -0.1) is 0 Å². The Hall–Kier alpha value is -1.42. The molecule has 1 aromatic heterocycles. The Morgan fingerprint density at radius 3 is 3.00 bits per heavy atom. The Bertz CT molecular complexity index is 287. The Kier molecular flexibility index (Phi) is 4.07. The molecule has 2 N–H and O–H groups in total. The van der Waals surface area contributed by atoms with Crippen molar-refractivity contribution in [3.63, 3.8) is 0 Å². The van der Waals surface area contributed by atoms with E-state index in [-0.39, 0.29) is 5.91 Å². The molecule has 0 saturated heterocycles. The van der Waals surface area contributed by atoms with Gasteiger partial charge in [0.2, 0.25) is 5.91 Å². The van der Waals surface area contributed by atoms with Crippen molar-refractivity contribution in [2.45, 2.75) is 6.42 Å². The molecule has 0 aliphatic rings.